The summed E-state index contributed by atoms with van der Waals surface area (Å²) in [5.74, 6) is 0. The van der Waals surface area contributed by atoms with E-state index in [1.807, 2.05) is 0 Å². The fourth-order valence-corrected chi connectivity index (χ4v) is 2.59. The van der Waals surface area contributed by atoms with Crippen LogP contribution in [0.5, 0.6) is 0 Å². The molecule has 0 saturated heterocycles. The van der Waals surface area contributed by atoms with Crippen molar-refractivity contribution in [2.24, 2.45) is 0 Å². The molecule has 0 aliphatic heterocycles. The summed E-state index contributed by atoms with van der Waals surface area (Å²) >= 11 is 0. The Morgan fingerprint density at radius 2 is 1.26 bits per heavy atom. The summed E-state index contributed by atoms with van der Waals surface area (Å²) in [6.45, 7) is 2.56. The van der Waals surface area contributed by atoms with Crippen molar-refractivity contribution in [3.05, 3.63) is 35.4 Å². The molecule has 0 atom stereocenters. The van der Waals surface area contributed by atoms with E-state index in [1.165, 1.54) is 62.5 Å². The smallest absolute Gasteiger partial charge is 0.0434 e. The zero-order valence-electron chi connectivity index (χ0n) is 12.5. The van der Waals surface area contributed by atoms with Gasteiger partial charge in [0.1, 0.15) is 0 Å². The predicted octanol–water partition coefficient (Wildman–Crippen LogP) is 4.90. The first-order valence-electron chi connectivity index (χ1n) is 8.06. The molecular weight excluding hydrogens is 232 g/mol. The summed E-state index contributed by atoms with van der Waals surface area (Å²) in [6, 6.07) is 8.72. The third-order valence-electron chi connectivity index (χ3n) is 3.77. The number of hydrogen-bond donors (Lipinski definition) is 1. The van der Waals surface area contributed by atoms with Crippen LogP contribution in [-0.4, -0.2) is 11.7 Å². The van der Waals surface area contributed by atoms with Gasteiger partial charge in [-0.3, -0.25) is 0 Å². The molecule has 0 saturated carbocycles. The largest absolute Gasteiger partial charge is 0.396 e. The molecular formula is C18H30O. The molecule has 0 aromatic heterocycles. The molecule has 1 rings (SSSR count). The van der Waals surface area contributed by atoms with E-state index in [0.29, 0.717) is 6.61 Å². The van der Waals surface area contributed by atoms with Gasteiger partial charge in [-0.2, -0.15) is 0 Å². The van der Waals surface area contributed by atoms with Gasteiger partial charge in [-0.15, -0.1) is 0 Å². The van der Waals surface area contributed by atoms with E-state index in [2.05, 4.69) is 31.2 Å². The fraction of sp³-hybridized carbons (Fsp3) is 0.667. The number of hydrogen-bond acceptors (Lipinski definition) is 1. The molecule has 0 heterocycles. The van der Waals surface area contributed by atoms with Crippen LogP contribution in [0.1, 0.15) is 69.4 Å². The highest BCUT2D eigenvalue weighted by Crippen LogP contribution is 2.15. The van der Waals surface area contributed by atoms with Crippen molar-refractivity contribution in [2.45, 2.75) is 71.1 Å². The number of aliphatic hydroxyl groups is 1. The van der Waals surface area contributed by atoms with Crippen molar-refractivity contribution in [2.75, 3.05) is 6.61 Å². The Hall–Kier alpha value is -0.820. The molecule has 0 aliphatic rings. The van der Waals surface area contributed by atoms with Crippen LogP contribution in [-0.2, 0) is 12.8 Å². The average Bonchev–Trinajstić information content (AvgIpc) is 2.45. The van der Waals surface area contributed by atoms with Crippen molar-refractivity contribution in [3.63, 3.8) is 0 Å². The highest BCUT2D eigenvalue weighted by Gasteiger charge is 2.01. The van der Waals surface area contributed by atoms with Gasteiger partial charge in [0.15, 0.2) is 0 Å². The lowest BCUT2D eigenvalue weighted by Gasteiger charge is -2.09. The fourth-order valence-electron chi connectivity index (χ4n) is 2.59. The minimum Gasteiger partial charge on any atom is -0.396 e. The highest BCUT2D eigenvalue weighted by atomic mass is 16.2. The third kappa shape index (κ3) is 7.37. The van der Waals surface area contributed by atoms with E-state index in [0.717, 1.165) is 12.8 Å². The van der Waals surface area contributed by atoms with Gasteiger partial charge in [0, 0.05) is 6.61 Å². The standard InChI is InChI=1S/C18H30O/c1-2-3-4-5-6-7-8-12-17-13-9-10-14-18(17)15-11-16-19/h9-10,13-14,19H,2-8,11-12,15-16H2,1H3. The Morgan fingerprint density at radius 1 is 0.737 bits per heavy atom. The summed E-state index contributed by atoms with van der Waals surface area (Å²) in [5, 5.41) is 8.94. The van der Waals surface area contributed by atoms with Crippen LogP contribution in [0, 0.1) is 0 Å². The lowest BCUT2D eigenvalue weighted by molar-refractivity contribution is 0.288. The van der Waals surface area contributed by atoms with Crippen molar-refractivity contribution in [3.8, 4) is 0 Å². The molecule has 1 heteroatoms. The lowest BCUT2D eigenvalue weighted by atomic mass is 9.97. The number of benzene rings is 1. The SMILES string of the molecule is CCCCCCCCCc1ccccc1CCCO. The monoisotopic (exact) mass is 262 g/mol. The van der Waals surface area contributed by atoms with E-state index in [4.69, 9.17) is 5.11 Å². The molecule has 0 spiro atoms. The number of rotatable bonds is 11. The van der Waals surface area contributed by atoms with E-state index in [-0.39, 0.29) is 0 Å². The van der Waals surface area contributed by atoms with Gasteiger partial charge in [-0.05, 0) is 36.8 Å². The minimum atomic E-state index is 0.297. The van der Waals surface area contributed by atoms with Crippen LogP contribution in [0.25, 0.3) is 0 Å². The molecule has 1 nitrogen and oxygen atoms in total. The Morgan fingerprint density at radius 3 is 1.84 bits per heavy atom. The first kappa shape index (κ1) is 16.2. The van der Waals surface area contributed by atoms with Crippen molar-refractivity contribution in [1.29, 1.82) is 0 Å². The molecule has 0 radical (unpaired) electrons. The third-order valence-corrected chi connectivity index (χ3v) is 3.77. The summed E-state index contributed by atoms with van der Waals surface area (Å²) in [5.41, 5.74) is 2.92. The summed E-state index contributed by atoms with van der Waals surface area (Å²) < 4.78 is 0. The second kappa shape index (κ2) is 11.0. The maximum atomic E-state index is 8.94. The number of unbranched alkanes of at least 4 members (excludes halogenated alkanes) is 6. The van der Waals surface area contributed by atoms with Crippen molar-refractivity contribution in [1.82, 2.24) is 0 Å². The van der Waals surface area contributed by atoms with Gasteiger partial charge < -0.3 is 5.11 Å². The Bertz CT molecular complexity index is 319. The van der Waals surface area contributed by atoms with Gasteiger partial charge in [0.25, 0.3) is 0 Å². The molecule has 19 heavy (non-hydrogen) atoms. The summed E-state index contributed by atoms with van der Waals surface area (Å²) in [7, 11) is 0. The molecule has 108 valence electrons. The highest BCUT2D eigenvalue weighted by molar-refractivity contribution is 5.27. The average molecular weight is 262 g/mol. The normalized spacial score (nSPS) is 10.8. The van der Waals surface area contributed by atoms with E-state index >= 15 is 0 Å². The second-order valence-corrected chi connectivity index (χ2v) is 5.47. The molecule has 0 unspecified atom stereocenters. The number of aryl methyl sites for hydroxylation is 2. The van der Waals surface area contributed by atoms with Crippen molar-refractivity contribution >= 4 is 0 Å². The van der Waals surface area contributed by atoms with Gasteiger partial charge in [0.2, 0.25) is 0 Å². The van der Waals surface area contributed by atoms with Crippen LogP contribution in [0.15, 0.2) is 24.3 Å². The van der Waals surface area contributed by atoms with Gasteiger partial charge in [-0.1, -0.05) is 69.7 Å². The Balaban J connectivity index is 2.21. The van der Waals surface area contributed by atoms with E-state index in [1.54, 1.807) is 0 Å². The van der Waals surface area contributed by atoms with Gasteiger partial charge in [-0.25, -0.2) is 0 Å². The van der Waals surface area contributed by atoms with Crippen LogP contribution >= 0.6 is 0 Å². The first-order valence-corrected chi connectivity index (χ1v) is 8.06. The maximum absolute atomic E-state index is 8.94. The molecule has 1 aromatic rings. The molecule has 1 aromatic carbocycles. The summed E-state index contributed by atoms with van der Waals surface area (Å²) in [4.78, 5) is 0. The second-order valence-electron chi connectivity index (χ2n) is 5.47. The van der Waals surface area contributed by atoms with Gasteiger partial charge >= 0.3 is 0 Å². The molecule has 0 amide bonds. The zero-order chi connectivity index (χ0) is 13.8. The Kier molecular flexibility index (Phi) is 9.44. The van der Waals surface area contributed by atoms with Gasteiger partial charge in [0.05, 0.1) is 0 Å². The maximum Gasteiger partial charge on any atom is 0.0434 e. The van der Waals surface area contributed by atoms with Crippen LogP contribution in [0.2, 0.25) is 0 Å². The van der Waals surface area contributed by atoms with Crippen LogP contribution in [0.4, 0.5) is 0 Å². The minimum absolute atomic E-state index is 0.297. The van der Waals surface area contributed by atoms with Crippen LogP contribution < -0.4 is 0 Å². The number of aliphatic hydroxyl groups excluding tert-OH is 1. The summed E-state index contributed by atoms with van der Waals surface area (Å²) in [6.07, 6.45) is 12.7. The van der Waals surface area contributed by atoms with E-state index in [9.17, 15) is 0 Å². The topological polar surface area (TPSA) is 20.2 Å². The van der Waals surface area contributed by atoms with Crippen LogP contribution in [0.3, 0.4) is 0 Å². The lowest BCUT2D eigenvalue weighted by Crippen LogP contribution is -1.96. The van der Waals surface area contributed by atoms with E-state index < -0.39 is 0 Å². The van der Waals surface area contributed by atoms with Crippen molar-refractivity contribution < 1.29 is 5.11 Å². The first-order chi connectivity index (χ1) is 9.38. The molecule has 0 fully saturated rings. The molecule has 1 N–H and O–H groups in total. The molecule has 0 aliphatic carbocycles. The quantitative estimate of drug-likeness (QED) is 0.562. The Labute approximate surface area is 119 Å². The molecule has 0 bridgehead atoms. The predicted molar refractivity (Wildman–Crippen MR) is 83.5 cm³/mol. The zero-order valence-corrected chi connectivity index (χ0v) is 12.5.